The Morgan fingerprint density at radius 1 is 1.17 bits per heavy atom. The van der Waals surface area contributed by atoms with Crippen molar-refractivity contribution in [1.29, 1.82) is 0 Å². The molecule has 1 N–H and O–H groups in total. The number of hydrogen-bond acceptors (Lipinski definition) is 2. The van der Waals surface area contributed by atoms with E-state index in [0.29, 0.717) is 5.75 Å². The van der Waals surface area contributed by atoms with E-state index < -0.39 is 17.7 Å². The van der Waals surface area contributed by atoms with Crippen molar-refractivity contribution in [1.82, 2.24) is 5.32 Å². The van der Waals surface area contributed by atoms with Gasteiger partial charge in [0.2, 0.25) is 0 Å². The molecule has 5 heteroatoms. The van der Waals surface area contributed by atoms with Gasteiger partial charge in [0, 0.05) is 11.6 Å². The van der Waals surface area contributed by atoms with Gasteiger partial charge in [-0.2, -0.15) is 0 Å². The lowest BCUT2D eigenvalue weighted by Gasteiger charge is -2.15. The van der Waals surface area contributed by atoms with Gasteiger partial charge in [0.1, 0.15) is 17.4 Å². The van der Waals surface area contributed by atoms with Gasteiger partial charge >= 0.3 is 0 Å². The Labute approximate surface area is 139 Å². The van der Waals surface area contributed by atoms with E-state index in [1.807, 2.05) is 18.2 Å². The molecule has 0 unspecified atom stereocenters. The number of carbonyl (C=O) groups is 1. The summed E-state index contributed by atoms with van der Waals surface area (Å²) >= 11 is 0. The Morgan fingerprint density at radius 3 is 2.75 bits per heavy atom. The maximum atomic E-state index is 13.7. The molecule has 1 aliphatic carbocycles. The molecule has 24 heavy (non-hydrogen) atoms. The van der Waals surface area contributed by atoms with Crippen LogP contribution in [0.3, 0.4) is 0 Å². The van der Waals surface area contributed by atoms with Crippen LogP contribution in [0.4, 0.5) is 8.78 Å². The normalized spacial score (nSPS) is 14.1. The van der Waals surface area contributed by atoms with Gasteiger partial charge in [-0.05, 0) is 55.5 Å². The minimum Gasteiger partial charge on any atom is -0.484 e. The number of halogens is 2. The van der Waals surface area contributed by atoms with E-state index in [9.17, 15) is 13.6 Å². The van der Waals surface area contributed by atoms with Crippen molar-refractivity contribution in [2.45, 2.75) is 32.2 Å². The SMILES string of the molecule is C[C@H](NC(=O)COc1ccc2c(c1)CCC2)c1ccc(F)cc1F. The fourth-order valence-electron chi connectivity index (χ4n) is 3.00. The number of aryl methyl sites for hydroxylation is 2. The van der Waals surface area contributed by atoms with E-state index >= 15 is 0 Å². The predicted molar refractivity (Wildman–Crippen MR) is 86.9 cm³/mol. The van der Waals surface area contributed by atoms with E-state index in [4.69, 9.17) is 4.74 Å². The average Bonchev–Trinajstić information content (AvgIpc) is 3.00. The lowest BCUT2D eigenvalue weighted by atomic mass is 10.1. The maximum Gasteiger partial charge on any atom is 0.258 e. The second-order valence-corrected chi connectivity index (χ2v) is 6.03. The van der Waals surface area contributed by atoms with E-state index in [0.717, 1.165) is 25.3 Å². The molecular formula is C19H19F2NO2. The molecule has 0 saturated carbocycles. The van der Waals surface area contributed by atoms with Crippen LogP contribution in [-0.2, 0) is 17.6 Å². The molecule has 0 saturated heterocycles. The Hall–Kier alpha value is -2.43. The van der Waals surface area contributed by atoms with Crippen LogP contribution in [0.15, 0.2) is 36.4 Å². The fraction of sp³-hybridized carbons (Fsp3) is 0.316. The second-order valence-electron chi connectivity index (χ2n) is 6.03. The van der Waals surface area contributed by atoms with Gasteiger partial charge in [-0.25, -0.2) is 8.78 Å². The first-order valence-corrected chi connectivity index (χ1v) is 8.02. The first kappa shape index (κ1) is 16.4. The molecule has 2 aromatic carbocycles. The summed E-state index contributed by atoms with van der Waals surface area (Å²) in [5.41, 5.74) is 2.85. The van der Waals surface area contributed by atoms with Crippen molar-refractivity contribution in [2.75, 3.05) is 6.61 Å². The summed E-state index contributed by atoms with van der Waals surface area (Å²) in [5, 5.41) is 2.65. The molecule has 0 spiro atoms. The van der Waals surface area contributed by atoms with Crippen molar-refractivity contribution in [3.63, 3.8) is 0 Å². The van der Waals surface area contributed by atoms with Crippen molar-refractivity contribution >= 4 is 5.91 Å². The zero-order valence-corrected chi connectivity index (χ0v) is 13.4. The summed E-state index contributed by atoms with van der Waals surface area (Å²) < 4.78 is 32.1. The Balaban J connectivity index is 1.55. The van der Waals surface area contributed by atoms with E-state index in [-0.39, 0.29) is 18.1 Å². The van der Waals surface area contributed by atoms with Crippen LogP contribution in [0.1, 0.15) is 36.1 Å². The number of ether oxygens (including phenoxy) is 1. The fourth-order valence-corrected chi connectivity index (χ4v) is 3.00. The molecule has 1 amide bonds. The minimum absolute atomic E-state index is 0.147. The number of amides is 1. The highest BCUT2D eigenvalue weighted by Crippen LogP contribution is 2.26. The topological polar surface area (TPSA) is 38.3 Å². The van der Waals surface area contributed by atoms with Crippen LogP contribution in [0.25, 0.3) is 0 Å². The average molecular weight is 331 g/mol. The number of rotatable bonds is 5. The smallest absolute Gasteiger partial charge is 0.258 e. The van der Waals surface area contributed by atoms with E-state index in [2.05, 4.69) is 5.32 Å². The van der Waals surface area contributed by atoms with Gasteiger partial charge in [-0.1, -0.05) is 12.1 Å². The number of hydrogen-bond donors (Lipinski definition) is 1. The second kappa shape index (κ2) is 6.99. The van der Waals surface area contributed by atoms with Gasteiger partial charge in [0.15, 0.2) is 6.61 Å². The van der Waals surface area contributed by atoms with Gasteiger partial charge < -0.3 is 10.1 Å². The molecule has 0 radical (unpaired) electrons. The predicted octanol–water partition coefficient (Wildman–Crippen LogP) is 3.71. The van der Waals surface area contributed by atoms with Gasteiger partial charge in [-0.15, -0.1) is 0 Å². The summed E-state index contributed by atoms with van der Waals surface area (Å²) in [5.74, 6) is -1.02. The van der Waals surface area contributed by atoms with Crippen LogP contribution in [-0.4, -0.2) is 12.5 Å². The molecule has 2 aromatic rings. The van der Waals surface area contributed by atoms with Crippen LogP contribution >= 0.6 is 0 Å². The highest BCUT2D eigenvalue weighted by Gasteiger charge is 2.15. The van der Waals surface area contributed by atoms with Crippen LogP contribution < -0.4 is 10.1 Å². The van der Waals surface area contributed by atoms with E-state index in [1.165, 1.54) is 23.3 Å². The summed E-state index contributed by atoms with van der Waals surface area (Å²) in [4.78, 5) is 12.0. The van der Waals surface area contributed by atoms with Crippen molar-refractivity contribution < 1.29 is 18.3 Å². The van der Waals surface area contributed by atoms with Crippen LogP contribution in [0.5, 0.6) is 5.75 Å². The Bertz CT molecular complexity index is 761. The zero-order valence-electron chi connectivity index (χ0n) is 13.4. The number of benzene rings is 2. The maximum absolute atomic E-state index is 13.7. The lowest BCUT2D eigenvalue weighted by Crippen LogP contribution is -2.31. The van der Waals surface area contributed by atoms with Crippen LogP contribution in [0, 0.1) is 11.6 Å². The molecule has 1 atom stereocenters. The van der Waals surface area contributed by atoms with Gasteiger partial charge in [-0.3, -0.25) is 4.79 Å². The van der Waals surface area contributed by atoms with Crippen molar-refractivity contribution in [2.24, 2.45) is 0 Å². The summed E-state index contributed by atoms with van der Waals surface area (Å²) in [6.07, 6.45) is 3.29. The summed E-state index contributed by atoms with van der Waals surface area (Å²) in [6, 6.07) is 8.60. The quantitative estimate of drug-likeness (QED) is 0.907. The molecular weight excluding hydrogens is 312 g/mol. The lowest BCUT2D eigenvalue weighted by molar-refractivity contribution is -0.123. The van der Waals surface area contributed by atoms with Crippen molar-refractivity contribution in [3.05, 3.63) is 64.7 Å². The van der Waals surface area contributed by atoms with Crippen LogP contribution in [0.2, 0.25) is 0 Å². The number of carbonyl (C=O) groups excluding carboxylic acids is 1. The Kier molecular flexibility index (Phi) is 4.79. The van der Waals surface area contributed by atoms with E-state index in [1.54, 1.807) is 6.92 Å². The monoisotopic (exact) mass is 331 g/mol. The Morgan fingerprint density at radius 2 is 1.96 bits per heavy atom. The number of fused-ring (bicyclic) bond motifs is 1. The molecule has 0 aliphatic heterocycles. The van der Waals surface area contributed by atoms with Gasteiger partial charge in [0.05, 0.1) is 6.04 Å². The number of nitrogens with one attached hydrogen (secondary N) is 1. The standard InChI is InChI=1S/C19H19F2NO2/c1-12(17-8-6-15(20)10-18(17)21)22-19(23)11-24-16-7-5-13-3-2-4-14(13)9-16/h5-10,12H,2-4,11H2,1H3,(H,22,23)/t12-/m0/s1. The molecule has 3 nitrogen and oxygen atoms in total. The summed E-state index contributed by atoms with van der Waals surface area (Å²) in [6.45, 7) is 1.50. The third-order valence-electron chi connectivity index (χ3n) is 4.25. The first-order valence-electron chi connectivity index (χ1n) is 8.02. The molecule has 3 rings (SSSR count). The molecule has 1 aliphatic rings. The van der Waals surface area contributed by atoms with Crippen molar-refractivity contribution in [3.8, 4) is 5.75 Å². The minimum atomic E-state index is -0.678. The molecule has 0 aromatic heterocycles. The molecule has 0 fully saturated rings. The molecule has 0 heterocycles. The zero-order chi connectivity index (χ0) is 17.1. The highest BCUT2D eigenvalue weighted by molar-refractivity contribution is 5.78. The molecule has 0 bridgehead atoms. The highest BCUT2D eigenvalue weighted by atomic mass is 19.1. The third kappa shape index (κ3) is 3.72. The third-order valence-corrected chi connectivity index (χ3v) is 4.25. The first-order chi connectivity index (χ1) is 11.5. The summed E-state index contributed by atoms with van der Waals surface area (Å²) in [7, 11) is 0. The largest absolute Gasteiger partial charge is 0.484 e. The molecule has 126 valence electrons. The van der Waals surface area contributed by atoms with Gasteiger partial charge in [0.25, 0.3) is 5.91 Å².